The first-order valence-corrected chi connectivity index (χ1v) is 30.8. The number of hydrogen-bond donors (Lipinski definition) is 0. The van der Waals surface area contributed by atoms with Crippen molar-refractivity contribution in [3.05, 3.63) is 0 Å². The molecule has 0 unspecified atom stereocenters. The summed E-state index contributed by atoms with van der Waals surface area (Å²) >= 11 is 0. The molecule has 54 heavy (non-hydrogen) atoms. The van der Waals surface area contributed by atoms with Crippen LogP contribution in [0.5, 0.6) is 0 Å². The van der Waals surface area contributed by atoms with Gasteiger partial charge in [-0.15, -0.1) is 0 Å². The third kappa shape index (κ3) is 22.2. The molecule has 0 bridgehead atoms. The number of hydrogen-bond acceptors (Lipinski definition) is 21. The van der Waals surface area contributed by atoms with Gasteiger partial charge in [-0.1, -0.05) is 0 Å². The van der Waals surface area contributed by atoms with Gasteiger partial charge in [-0.05, 0) is 13.1 Å². The van der Waals surface area contributed by atoms with Gasteiger partial charge in [0.05, 0.1) is 0 Å². The minimum atomic E-state index is -3.02. The molecule has 0 rings (SSSR count). The van der Waals surface area contributed by atoms with E-state index in [2.05, 4.69) is 0 Å². The third-order valence-corrected chi connectivity index (χ3v) is 29.7. The van der Waals surface area contributed by atoms with Crippen LogP contribution in [0.1, 0.15) is 0 Å². The molecule has 0 aromatic rings. The Morgan fingerprint density at radius 1 is 0.241 bits per heavy atom. The van der Waals surface area contributed by atoms with Crippen molar-refractivity contribution in [1.82, 2.24) is 0 Å². The Kier molecular flexibility index (Phi) is 40.8. The van der Waals surface area contributed by atoms with Gasteiger partial charge in [0.15, 0.2) is 0 Å². The summed E-state index contributed by atoms with van der Waals surface area (Å²) in [6.45, 7) is 5.81. The Hall–Kier alpha value is 0.678. The van der Waals surface area contributed by atoms with Crippen LogP contribution >= 0.6 is 0 Å². The molecule has 0 radical (unpaired) electrons. The van der Waals surface area contributed by atoms with E-state index in [1.165, 1.54) is 71.1 Å². The van der Waals surface area contributed by atoms with Crippen LogP contribution in [0, 0.1) is 0 Å². The first-order valence-electron chi connectivity index (χ1n) is 15.8. The van der Waals surface area contributed by atoms with E-state index in [-0.39, 0.29) is 0 Å². The quantitative estimate of drug-likeness (QED) is 0.121. The predicted octanol–water partition coefficient (Wildman–Crippen LogP) is 2.05. The van der Waals surface area contributed by atoms with E-state index >= 15 is 0 Å². The molecule has 0 amide bonds. The van der Waals surface area contributed by atoms with Crippen molar-refractivity contribution >= 4 is 60.7 Å². The Labute approximate surface area is 333 Å². The molecule has 0 atom stereocenters. The molecule has 21 nitrogen and oxygen atoms in total. The smallest absolute Gasteiger partial charge is 0.398 e. The van der Waals surface area contributed by atoms with Gasteiger partial charge in [0.25, 0.3) is 0 Å². The van der Waals surface area contributed by atoms with Crippen LogP contribution in [-0.2, 0) is 92.9 Å². The maximum atomic E-state index is 5.32. The van der Waals surface area contributed by atoms with Crippen molar-refractivity contribution in [2.45, 2.75) is 31.7 Å². The van der Waals surface area contributed by atoms with Crippen molar-refractivity contribution in [3.8, 4) is 0 Å². The van der Waals surface area contributed by atoms with Gasteiger partial charge in [-0.2, -0.15) is 0 Å². The Bertz CT molecular complexity index is 717. The van der Waals surface area contributed by atoms with Gasteiger partial charge in [-0.25, -0.2) is 0 Å². The lowest BCUT2D eigenvalue weighted by atomic mass is 11.0. The summed E-state index contributed by atoms with van der Waals surface area (Å²) < 4.78 is 108. The third-order valence-electron chi connectivity index (χ3n) is 7.69. The van der Waals surface area contributed by atoms with Crippen molar-refractivity contribution in [2.75, 3.05) is 149 Å². The molecular formula is C26H76O21Si7. The fourth-order valence-electron chi connectivity index (χ4n) is 3.50. The van der Waals surface area contributed by atoms with Crippen LogP contribution in [0.2, 0.25) is 31.7 Å². The predicted molar refractivity (Wildman–Crippen MR) is 215 cm³/mol. The largest absolute Gasteiger partial charge is 0.678 e. The first-order chi connectivity index (χ1) is 25.2. The maximum Gasteiger partial charge on any atom is 0.678 e. The highest BCUT2D eigenvalue weighted by Crippen LogP contribution is 2.24. The van der Waals surface area contributed by atoms with E-state index in [1.807, 2.05) is 19.6 Å². The van der Waals surface area contributed by atoms with Gasteiger partial charge in [0.2, 0.25) is 0 Å². The van der Waals surface area contributed by atoms with Gasteiger partial charge >= 0.3 is 60.7 Å². The van der Waals surface area contributed by atoms with E-state index in [4.69, 9.17) is 92.9 Å². The summed E-state index contributed by atoms with van der Waals surface area (Å²) in [7, 11) is 14.7. The molecule has 334 valence electrons. The Morgan fingerprint density at radius 2 is 0.444 bits per heavy atom. The molecule has 0 saturated carbocycles. The molecular weight excluding hydrogens is 845 g/mol. The molecule has 0 heterocycles. The Morgan fingerprint density at radius 3 is 0.500 bits per heavy atom. The molecule has 0 aromatic heterocycles. The molecule has 0 fully saturated rings. The summed E-state index contributed by atoms with van der Waals surface area (Å²) in [5, 5.41) is 0. The van der Waals surface area contributed by atoms with Crippen LogP contribution in [0.25, 0.3) is 0 Å². The molecule has 0 aliphatic rings. The SMILES string of the molecule is CO[Si](C)(C)OC.CO[Si](C)(OC)OC.CO[Si](CC[Si](OC)(OC)OC)(OC)OC.CO[Si](OC)(OC)OC.CO[Si](OC)(OC)[Si](OC)(OC)OC. The van der Waals surface area contributed by atoms with E-state index in [0.717, 1.165) is 0 Å². The van der Waals surface area contributed by atoms with E-state index in [1.54, 1.807) is 78.2 Å². The number of rotatable bonds is 25. The second-order valence-corrected chi connectivity index (χ2v) is 33.8. The standard InChI is InChI=1S/C8H22O6Si2.C6H18O6Si2.C4H12O4Si.C4H12O3Si.C4H12O2Si/c1-9-15(10-2,11-3)7-8-16(12-4,13-5)14-6;1-7-13(8-2,9-3)14(10-4,11-5)12-6;1-5-9(6-2,7-3)8-4;1-5-8(4,6-2)7-3;1-5-7(3,4)6-2/h7-8H2,1-6H3;1-6H3;1-4H3;1-4H3;1-4H3. The van der Waals surface area contributed by atoms with E-state index < -0.39 is 60.7 Å². The van der Waals surface area contributed by atoms with Gasteiger partial charge < -0.3 is 92.9 Å². The first kappa shape index (κ1) is 63.8. The zero-order chi connectivity index (χ0) is 43.8. The summed E-state index contributed by atoms with van der Waals surface area (Å²) in [6, 6.07) is 1.19. The molecule has 0 aliphatic carbocycles. The maximum absolute atomic E-state index is 5.32. The molecule has 0 N–H and O–H groups in total. The summed E-state index contributed by atoms with van der Waals surface area (Å²) in [4.78, 5) is 0. The van der Waals surface area contributed by atoms with Crippen LogP contribution < -0.4 is 0 Å². The van der Waals surface area contributed by atoms with Crippen LogP contribution in [0.15, 0.2) is 0 Å². The minimum Gasteiger partial charge on any atom is -0.398 e. The highest BCUT2D eigenvalue weighted by molar-refractivity contribution is 7.26. The summed E-state index contributed by atoms with van der Waals surface area (Å²) in [5.41, 5.74) is 0. The molecule has 0 aliphatic heterocycles. The van der Waals surface area contributed by atoms with E-state index in [9.17, 15) is 0 Å². The van der Waals surface area contributed by atoms with Crippen LogP contribution in [-0.4, -0.2) is 210 Å². The zero-order valence-corrected chi connectivity index (χ0v) is 44.5. The van der Waals surface area contributed by atoms with Crippen molar-refractivity contribution in [1.29, 1.82) is 0 Å². The molecule has 0 spiro atoms. The highest BCUT2D eigenvalue weighted by atomic mass is 29.3. The Balaban J connectivity index is -0.000000192. The van der Waals surface area contributed by atoms with Gasteiger partial charge in [-0.3, -0.25) is 0 Å². The normalized spacial score (nSPS) is 12.7. The fraction of sp³-hybridized carbons (Fsp3) is 1.00. The summed E-state index contributed by atoms with van der Waals surface area (Å²) in [6.07, 6.45) is 0. The van der Waals surface area contributed by atoms with Gasteiger partial charge in [0, 0.05) is 168 Å². The monoisotopic (exact) mass is 920 g/mol. The summed E-state index contributed by atoms with van der Waals surface area (Å²) in [5.74, 6) is 0. The minimum absolute atomic E-state index is 0.595. The zero-order valence-electron chi connectivity index (χ0n) is 37.5. The van der Waals surface area contributed by atoms with Gasteiger partial charge in [0.1, 0.15) is 0 Å². The topological polar surface area (TPSA) is 194 Å². The lowest BCUT2D eigenvalue weighted by Crippen LogP contribution is -2.71. The van der Waals surface area contributed by atoms with E-state index in [0.29, 0.717) is 12.1 Å². The second-order valence-electron chi connectivity index (χ2n) is 10.0. The van der Waals surface area contributed by atoms with Crippen LogP contribution in [0.4, 0.5) is 0 Å². The lowest BCUT2D eigenvalue weighted by Gasteiger charge is -2.35. The molecule has 28 heteroatoms. The van der Waals surface area contributed by atoms with Crippen molar-refractivity contribution < 1.29 is 92.9 Å². The molecule has 0 aromatic carbocycles. The average molecular weight is 921 g/mol. The fourth-order valence-corrected chi connectivity index (χ4v) is 16.8. The lowest BCUT2D eigenvalue weighted by molar-refractivity contribution is 0.0225. The van der Waals surface area contributed by atoms with Crippen LogP contribution in [0.3, 0.4) is 0 Å². The van der Waals surface area contributed by atoms with Crippen molar-refractivity contribution in [2.24, 2.45) is 0 Å². The molecule has 0 saturated heterocycles. The average Bonchev–Trinajstić information content (AvgIpc) is 3.24. The van der Waals surface area contributed by atoms with Crippen molar-refractivity contribution in [3.63, 3.8) is 0 Å². The second kappa shape index (κ2) is 34.5. The highest BCUT2D eigenvalue weighted by Gasteiger charge is 2.70.